The van der Waals surface area contributed by atoms with Crippen LogP contribution in [0, 0.1) is 6.92 Å². The van der Waals surface area contributed by atoms with Gasteiger partial charge in [0.1, 0.15) is 5.03 Å². The molecule has 6 nitrogen and oxygen atoms in total. The maximum absolute atomic E-state index is 10.8. The van der Waals surface area contributed by atoms with Gasteiger partial charge in [0, 0.05) is 5.41 Å². The van der Waals surface area contributed by atoms with Gasteiger partial charge in [-0.1, -0.05) is 32.5 Å². The van der Waals surface area contributed by atoms with E-state index >= 15 is 0 Å². The Morgan fingerprint density at radius 3 is 2.57 bits per heavy atom. The van der Waals surface area contributed by atoms with Crippen LogP contribution in [0.5, 0.6) is 0 Å². The fourth-order valence-electron chi connectivity index (χ4n) is 1.64. The van der Waals surface area contributed by atoms with Crippen molar-refractivity contribution >= 4 is 17.7 Å². The molecule has 0 radical (unpaired) electrons. The molecule has 112 valence electrons. The van der Waals surface area contributed by atoms with Crippen LogP contribution in [0.25, 0.3) is 5.82 Å². The van der Waals surface area contributed by atoms with Crippen molar-refractivity contribution in [3.63, 3.8) is 0 Å². The highest BCUT2D eigenvalue weighted by Crippen LogP contribution is 2.28. The van der Waals surface area contributed by atoms with Gasteiger partial charge >= 0.3 is 5.97 Å². The summed E-state index contributed by atoms with van der Waals surface area (Å²) >= 11 is 1.22. The van der Waals surface area contributed by atoms with Gasteiger partial charge in [-0.05, 0) is 25.1 Å². The minimum Gasteiger partial charge on any atom is -0.481 e. The maximum Gasteiger partial charge on any atom is 0.313 e. The standard InChI is InChI=1S/C14H18N4O2S/c1-9-5-6-11(16-15-9)18-12(21-8-13(19)20)7-10(17-18)14(2,3)4/h5-7H,8H2,1-4H3,(H,19,20). The van der Waals surface area contributed by atoms with Crippen molar-refractivity contribution in [1.82, 2.24) is 20.0 Å². The third kappa shape index (κ3) is 3.81. The summed E-state index contributed by atoms with van der Waals surface area (Å²) in [5, 5.41) is 22.3. The molecule has 2 aromatic rings. The van der Waals surface area contributed by atoms with Gasteiger partial charge in [0.05, 0.1) is 17.1 Å². The zero-order chi connectivity index (χ0) is 15.6. The topological polar surface area (TPSA) is 80.9 Å². The lowest BCUT2D eigenvalue weighted by Crippen LogP contribution is -2.13. The molecular formula is C14H18N4O2S. The van der Waals surface area contributed by atoms with E-state index in [9.17, 15) is 4.79 Å². The summed E-state index contributed by atoms with van der Waals surface area (Å²) in [6, 6.07) is 5.59. The number of aliphatic carboxylic acids is 1. The van der Waals surface area contributed by atoms with Crippen LogP contribution in [0.1, 0.15) is 32.2 Å². The Kier molecular flexibility index (Phi) is 4.32. The average Bonchev–Trinajstić information content (AvgIpc) is 2.81. The number of carbonyl (C=O) groups is 1. The van der Waals surface area contributed by atoms with E-state index in [1.54, 1.807) is 4.68 Å². The summed E-state index contributed by atoms with van der Waals surface area (Å²) in [6.45, 7) is 8.05. The number of hydrogen-bond acceptors (Lipinski definition) is 5. The van der Waals surface area contributed by atoms with Crippen molar-refractivity contribution < 1.29 is 9.90 Å². The molecule has 0 atom stereocenters. The lowest BCUT2D eigenvalue weighted by Gasteiger charge is -2.13. The van der Waals surface area contributed by atoms with Crippen molar-refractivity contribution in [1.29, 1.82) is 0 Å². The van der Waals surface area contributed by atoms with Crippen molar-refractivity contribution in [3.05, 3.63) is 29.6 Å². The summed E-state index contributed by atoms with van der Waals surface area (Å²) in [6.07, 6.45) is 0. The van der Waals surface area contributed by atoms with Gasteiger partial charge in [-0.15, -0.1) is 5.10 Å². The van der Waals surface area contributed by atoms with Crippen LogP contribution in [-0.2, 0) is 10.2 Å². The van der Waals surface area contributed by atoms with E-state index in [0.29, 0.717) is 5.82 Å². The van der Waals surface area contributed by atoms with Crippen molar-refractivity contribution in [3.8, 4) is 5.82 Å². The highest BCUT2D eigenvalue weighted by atomic mass is 32.2. The fraction of sp³-hybridized carbons (Fsp3) is 0.429. The molecule has 0 aliphatic carbocycles. The predicted molar refractivity (Wildman–Crippen MR) is 81.0 cm³/mol. The number of rotatable bonds is 4. The van der Waals surface area contributed by atoms with E-state index in [1.807, 2.05) is 25.1 Å². The van der Waals surface area contributed by atoms with Crippen molar-refractivity contribution in [2.24, 2.45) is 0 Å². The first kappa shape index (κ1) is 15.5. The summed E-state index contributed by atoms with van der Waals surface area (Å²) < 4.78 is 1.65. The van der Waals surface area contributed by atoms with E-state index in [1.165, 1.54) is 11.8 Å². The summed E-state index contributed by atoms with van der Waals surface area (Å²) in [4.78, 5) is 10.8. The van der Waals surface area contributed by atoms with Gasteiger partial charge in [-0.25, -0.2) is 4.68 Å². The molecule has 0 bridgehead atoms. The lowest BCUT2D eigenvalue weighted by molar-refractivity contribution is -0.133. The molecule has 0 aromatic carbocycles. The highest BCUT2D eigenvalue weighted by molar-refractivity contribution is 7.99. The van der Waals surface area contributed by atoms with Gasteiger partial charge in [-0.3, -0.25) is 4.79 Å². The minimum atomic E-state index is -0.861. The number of nitrogens with zero attached hydrogens (tertiary/aromatic N) is 4. The molecule has 0 fully saturated rings. The Morgan fingerprint density at radius 2 is 2.05 bits per heavy atom. The average molecular weight is 306 g/mol. The Bertz CT molecular complexity index is 644. The Labute approximate surface area is 127 Å². The molecule has 0 saturated carbocycles. The molecule has 0 amide bonds. The molecule has 0 spiro atoms. The Hall–Kier alpha value is -1.89. The minimum absolute atomic E-state index is 0.0193. The molecule has 0 saturated heterocycles. The summed E-state index contributed by atoms with van der Waals surface area (Å²) in [7, 11) is 0. The second-order valence-corrected chi connectivity index (χ2v) is 6.74. The molecule has 0 aliphatic heterocycles. The Balaban J connectivity index is 2.43. The molecule has 0 aliphatic rings. The van der Waals surface area contributed by atoms with Gasteiger partial charge in [0.25, 0.3) is 0 Å². The molecule has 1 N–H and O–H groups in total. The molecule has 0 unspecified atom stereocenters. The van der Waals surface area contributed by atoms with Crippen LogP contribution in [0.2, 0.25) is 0 Å². The molecule has 2 aromatic heterocycles. The first-order valence-corrected chi connectivity index (χ1v) is 7.52. The molecule has 7 heteroatoms. The molecule has 21 heavy (non-hydrogen) atoms. The van der Waals surface area contributed by atoms with E-state index in [4.69, 9.17) is 5.11 Å². The van der Waals surface area contributed by atoms with Gasteiger partial charge in [0.2, 0.25) is 0 Å². The van der Waals surface area contributed by atoms with Crippen LogP contribution >= 0.6 is 11.8 Å². The molecule has 2 rings (SSSR count). The van der Waals surface area contributed by atoms with Crippen LogP contribution < -0.4 is 0 Å². The van der Waals surface area contributed by atoms with Crippen LogP contribution in [0.15, 0.2) is 23.2 Å². The van der Waals surface area contributed by atoms with Gasteiger partial charge in [-0.2, -0.15) is 10.2 Å². The Morgan fingerprint density at radius 1 is 1.33 bits per heavy atom. The van der Waals surface area contributed by atoms with E-state index in [0.717, 1.165) is 16.4 Å². The zero-order valence-corrected chi connectivity index (χ0v) is 13.3. The number of thioether (sulfide) groups is 1. The quantitative estimate of drug-likeness (QED) is 0.874. The number of carboxylic acids is 1. The largest absolute Gasteiger partial charge is 0.481 e. The number of aryl methyl sites for hydroxylation is 1. The van der Waals surface area contributed by atoms with E-state index < -0.39 is 5.97 Å². The SMILES string of the molecule is Cc1ccc(-n2nc(C(C)(C)C)cc2SCC(=O)O)nn1. The van der Waals surface area contributed by atoms with Crippen LogP contribution in [0.3, 0.4) is 0 Å². The van der Waals surface area contributed by atoms with Gasteiger partial charge < -0.3 is 5.11 Å². The summed E-state index contributed by atoms with van der Waals surface area (Å²) in [5.41, 5.74) is 1.58. The van der Waals surface area contributed by atoms with Gasteiger partial charge in [0.15, 0.2) is 5.82 Å². The number of carboxylic acid groups (broad SMARTS) is 1. The van der Waals surface area contributed by atoms with Crippen LogP contribution in [-0.4, -0.2) is 36.8 Å². The number of hydrogen-bond donors (Lipinski definition) is 1. The third-order valence-corrected chi connectivity index (χ3v) is 3.77. The van der Waals surface area contributed by atoms with E-state index in [-0.39, 0.29) is 11.2 Å². The molecular weight excluding hydrogens is 288 g/mol. The zero-order valence-electron chi connectivity index (χ0n) is 12.5. The fourth-order valence-corrected chi connectivity index (χ4v) is 2.36. The number of aromatic nitrogens is 4. The lowest BCUT2D eigenvalue weighted by atomic mass is 9.93. The maximum atomic E-state index is 10.8. The third-order valence-electron chi connectivity index (χ3n) is 2.79. The monoisotopic (exact) mass is 306 g/mol. The second-order valence-electron chi connectivity index (χ2n) is 5.74. The first-order valence-electron chi connectivity index (χ1n) is 6.53. The second kappa shape index (κ2) is 5.85. The molecule has 2 heterocycles. The van der Waals surface area contributed by atoms with Crippen molar-refractivity contribution in [2.45, 2.75) is 38.1 Å². The van der Waals surface area contributed by atoms with E-state index in [2.05, 4.69) is 36.1 Å². The smallest absolute Gasteiger partial charge is 0.313 e. The first-order chi connectivity index (χ1) is 9.77. The van der Waals surface area contributed by atoms with Crippen LogP contribution in [0.4, 0.5) is 0 Å². The normalized spacial score (nSPS) is 11.6. The highest BCUT2D eigenvalue weighted by Gasteiger charge is 2.21. The summed E-state index contributed by atoms with van der Waals surface area (Å²) in [5.74, 6) is -0.293. The van der Waals surface area contributed by atoms with Crippen molar-refractivity contribution in [2.75, 3.05) is 5.75 Å². The predicted octanol–water partition coefficient (Wildman–Crippen LogP) is 2.44.